The Kier molecular flexibility index (Phi) is 18.5. The molecule has 0 radical (unpaired) electrons. The summed E-state index contributed by atoms with van der Waals surface area (Å²) in [5.41, 5.74) is -1.49. The maximum atomic E-state index is 13.2. The third kappa shape index (κ3) is 13.1. The molecule has 0 aromatic rings. The van der Waals surface area contributed by atoms with E-state index in [1.54, 1.807) is 77.9 Å². The van der Waals surface area contributed by atoms with Crippen LogP contribution in [-0.2, 0) is 57.1 Å². The molecule has 3 aliphatic rings. The summed E-state index contributed by atoms with van der Waals surface area (Å²) in [5.74, 6) is -2.92. The number of carbonyl (C=O) groups is 4. The van der Waals surface area contributed by atoms with Crippen molar-refractivity contribution < 1.29 is 72.4 Å². The number of rotatable bonds is 11. The van der Waals surface area contributed by atoms with Gasteiger partial charge in [0.1, 0.15) is 42.4 Å². The van der Waals surface area contributed by atoms with Gasteiger partial charge < -0.3 is 62.9 Å². The molecule has 0 aromatic carbocycles. The highest BCUT2D eigenvalue weighted by atomic mass is 16.7. The lowest BCUT2D eigenvalue weighted by Crippen LogP contribution is -2.66. The summed E-state index contributed by atoms with van der Waals surface area (Å²) in [6.45, 7) is 11.3. The van der Waals surface area contributed by atoms with E-state index < -0.39 is 121 Å². The Morgan fingerprint density at radius 2 is 1.71 bits per heavy atom. The quantitative estimate of drug-likeness (QED) is 0.156. The molecule has 320 valence electrons. The molecule has 56 heavy (non-hydrogen) atoms. The molecule has 0 saturated carbocycles. The first-order valence-corrected chi connectivity index (χ1v) is 19.6. The van der Waals surface area contributed by atoms with Crippen molar-refractivity contribution in [1.82, 2.24) is 4.90 Å². The van der Waals surface area contributed by atoms with E-state index in [0.717, 1.165) is 0 Å². The maximum Gasteiger partial charge on any atom is 0.309 e. The van der Waals surface area contributed by atoms with E-state index in [1.165, 1.54) is 14.0 Å². The van der Waals surface area contributed by atoms with E-state index in [-0.39, 0.29) is 25.7 Å². The minimum Gasteiger partial charge on any atom is -0.462 e. The van der Waals surface area contributed by atoms with Crippen LogP contribution in [0.15, 0.2) is 24.3 Å². The molecule has 3 N–H and O–H groups in total. The van der Waals surface area contributed by atoms with Crippen molar-refractivity contribution in [1.29, 1.82) is 0 Å². The van der Waals surface area contributed by atoms with E-state index in [9.17, 15) is 34.5 Å². The van der Waals surface area contributed by atoms with Gasteiger partial charge in [0.05, 0.1) is 36.9 Å². The topological polar surface area (TPSA) is 206 Å². The molecule has 3 heterocycles. The van der Waals surface area contributed by atoms with Gasteiger partial charge in [-0.15, -0.1) is 0 Å². The highest BCUT2D eigenvalue weighted by Gasteiger charge is 2.53. The standard InChI is InChI=1S/C40H65NO15/c1-11-30(45)54-38-25(5)51-32(21-40(38,7)48)55-35-24(4)52-39(34(47)33(35)41(8)9)56-36-27(17-18-42)19-22(2)28(44)16-14-12-13-15-23(3)50-31(46)20-29(37(36)49-10)53-26(6)43/h12-14,16,18,22-25,27-29,32-39,44,47-48H,11,15,17,19-21H2,1-10H3/b13-12-,16-14-/t22-,23-,24?,25?,27+,28+,29-,32?,33?,34?,35?,36+,37+,38?,39?,40?/m1/s1. The highest BCUT2D eigenvalue weighted by molar-refractivity contribution is 5.72. The number of hydrogen-bond acceptors (Lipinski definition) is 16. The third-order valence-electron chi connectivity index (χ3n) is 10.6. The largest absolute Gasteiger partial charge is 0.462 e. The number of ether oxygens (including phenoxy) is 8. The van der Waals surface area contributed by atoms with Gasteiger partial charge in [-0.05, 0) is 60.0 Å². The Balaban J connectivity index is 2.00. The van der Waals surface area contributed by atoms with Crippen LogP contribution in [0.25, 0.3) is 0 Å². The zero-order valence-corrected chi connectivity index (χ0v) is 34.5. The molecule has 0 aliphatic carbocycles. The van der Waals surface area contributed by atoms with Crippen LogP contribution >= 0.6 is 0 Å². The number of aliphatic hydroxyl groups is 3. The Morgan fingerprint density at radius 1 is 1.02 bits per heavy atom. The van der Waals surface area contributed by atoms with Crippen molar-refractivity contribution >= 4 is 24.2 Å². The van der Waals surface area contributed by atoms with Crippen molar-refractivity contribution in [3.63, 3.8) is 0 Å². The number of carbonyl (C=O) groups excluding carboxylic acids is 4. The van der Waals surface area contributed by atoms with Crippen molar-refractivity contribution in [2.24, 2.45) is 11.8 Å². The number of hydrogen-bond donors (Lipinski definition) is 3. The summed E-state index contributed by atoms with van der Waals surface area (Å²) in [7, 11) is 4.85. The molecule has 3 aliphatic heterocycles. The molecule has 2 saturated heterocycles. The zero-order valence-electron chi connectivity index (χ0n) is 34.5. The average molecular weight is 800 g/mol. The molecule has 16 atom stereocenters. The Hall–Kier alpha value is -2.80. The lowest BCUT2D eigenvalue weighted by atomic mass is 9.82. The van der Waals surface area contributed by atoms with Gasteiger partial charge >= 0.3 is 17.9 Å². The van der Waals surface area contributed by atoms with Crippen molar-refractivity contribution in [3.05, 3.63) is 24.3 Å². The molecule has 16 heteroatoms. The van der Waals surface area contributed by atoms with Crippen LogP contribution in [0, 0.1) is 11.8 Å². The second kappa shape index (κ2) is 21.8. The number of nitrogens with zero attached hydrogens (tertiary/aromatic N) is 1. The molecule has 0 spiro atoms. The lowest BCUT2D eigenvalue weighted by molar-refractivity contribution is -0.344. The van der Waals surface area contributed by atoms with Crippen LogP contribution in [0.5, 0.6) is 0 Å². The fraction of sp³-hybridized carbons (Fsp3) is 0.800. The summed E-state index contributed by atoms with van der Waals surface area (Å²) in [4.78, 5) is 51.7. The molecule has 0 bridgehead atoms. The minimum absolute atomic E-state index is 0.0440. The van der Waals surface area contributed by atoms with Crippen LogP contribution in [-0.4, -0.2) is 151 Å². The van der Waals surface area contributed by atoms with Crippen molar-refractivity contribution in [2.45, 2.75) is 172 Å². The molecule has 0 amide bonds. The minimum atomic E-state index is -1.49. The Morgan fingerprint density at radius 3 is 2.30 bits per heavy atom. The van der Waals surface area contributed by atoms with Gasteiger partial charge in [0.15, 0.2) is 18.7 Å². The predicted molar refractivity (Wildman–Crippen MR) is 201 cm³/mol. The van der Waals surface area contributed by atoms with Gasteiger partial charge in [-0.25, -0.2) is 0 Å². The fourth-order valence-corrected chi connectivity index (χ4v) is 7.78. The summed E-state index contributed by atoms with van der Waals surface area (Å²) < 4.78 is 48.2. The number of allylic oxidation sites excluding steroid dienone is 2. The van der Waals surface area contributed by atoms with Crippen LogP contribution in [0.1, 0.15) is 87.0 Å². The summed E-state index contributed by atoms with van der Waals surface area (Å²) >= 11 is 0. The van der Waals surface area contributed by atoms with Gasteiger partial charge in [0.25, 0.3) is 0 Å². The first-order valence-electron chi connectivity index (χ1n) is 19.6. The predicted octanol–water partition coefficient (Wildman–Crippen LogP) is 2.38. The van der Waals surface area contributed by atoms with E-state index in [1.807, 2.05) is 6.92 Å². The second-order valence-electron chi connectivity index (χ2n) is 15.7. The normalized spacial score (nSPS) is 41.6. The van der Waals surface area contributed by atoms with Gasteiger partial charge in [-0.2, -0.15) is 0 Å². The van der Waals surface area contributed by atoms with Gasteiger partial charge in [0, 0.05) is 39.7 Å². The Labute approximate surface area is 330 Å². The van der Waals surface area contributed by atoms with E-state index in [0.29, 0.717) is 12.7 Å². The van der Waals surface area contributed by atoms with Gasteiger partial charge in [0.2, 0.25) is 0 Å². The van der Waals surface area contributed by atoms with Crippen molar-refractivity contribution in [2.75, 3.05) is 21.2 Å². The van der Waals surface area contributed by atoms with Crippen LogP contribution in [0.4, 0.5) is 0 Å². The van der Waals surface area contributed by atoms with Crippen LogP contribution in [0.3, 0.4) is 0 Å². The molecule has 0 aromatic heterocycles. The summed E-state index contributed by atoms with van der Waals surface area (Å²) in [5, 5.41) is 34.4. The number of esters is 3. The lowest BCUT2D eigenvalue weighted by Gasteiger charge is -2.50. The average Bonchev–Trinajstić information content (AvgIpc) is 3.09. The number of likely N-dealkylation sites (N-methyl/N-ethyl adjacent to an activating group) is 1. The second-order valence-corrected chi connectivity index (χ2v) is 15.7. The monoisotopic (exact) mass is 799 g/mol. The number of aliphatic hydroxyl groups excluding tert-OH is 2. The number of cyclic esters (lactones) is 1. The number of aldehydes is 1. The van der Waals surface area contributed by atoms with Crippen LogP contribution < -0.4 is 0 Å². The summed E-state index contributed by atoms with van der Waals surface area (Å²) in [6, 6.07) is -0.778. The highest BCUT2D eigenvalue weighted by Crippen LogP contribution is 2.37. The third-order valence-corrected chi connectivity index (χ3v) is 10.6. The maximum absolute atomic E-state index is 13.2. The smallest absolute Gasteiger partial charge is 0.309 e. The fourth-order valence-electron chi connectivity index (χ4n) is 7.78. The van der Waals surface area contributed by atoms with E-state index in [4.69, 9.17) is 37.9 Å². The molecule has 3 rings (SSSR count). The Bertz CT molecular complexity index is 1340. The van der Waals surface area contributed by atoms with E-state index in [2.05, 4.69) is 0 Å². The van der Waals surface area contributed by atoms with Crippen molar-refractivity contribution in [3.8, 4) is 0 Å². The SMILES string of the molecule is CCC(=O)OC1C(C)OC(OC2C(C)OC(O[C@H]3[C@@H](CC=O)C[C@@H](C)[C@@H](O)/C=C\C=C/C[C@@H](C)OC(=O)C[C@@H](OC(C)=O)[C@@H]3OC)C(O)C2N(C)C)CC1(C)O. The van der Waals surface area contributed by atoms with Gasteiger partial charge in [-0.1, -0.05) is 38.2 Å². The van der Waals surface area contributed by atoms with Crippen LogP contribution in [0.2, 0.25) is 0 Å². The molecule has 9 unspecified atom stereocenters. The van der Waals surface area contributed by atoms with Gasteiger partial charge in [-0.3, -0.25) is 14.4 Å². The summed E-state index contributed by atoms with van der Waals surface area (Å²) in [6.07, 6.45) is -4.12. The van der Waals surface area contributed by atoms with E-state index >= 15 is 0 Å². The zero-order chi connectivity index (χ0) is 41.9. The molecular weight excluding hydrogens is 734 g/mol. The molecule has 2 fully saturated rings. The number of methoxy groups -OCH3 is 1. The molecule has 16 nitrogen and oxygen atoms in total. The molecular formula is C40H65NO15. The first kappa shape index (κ1) is 47.6. The first-order chi connectivity index (χ1) is 26.3.